The molecule has 8 heteroatoms. The first kappa shape index (κ1) is 24.6. The molecule has 3 aromatic rings. The number of anilines is 1. The number of benzene rings is 1. The maximum absolute atomic E-state index is 11.7. The van der Waals surface area contributed by atoms with Gasteiger partial charge in [-0.25, -0.2) is 14.8 Å². The summed E-state index contributed by atoms with van der Waals surface area (Å²) in [4.78, 5) is 21.2. The van der Waals surface area contributed by atoms with Crippen LogP contribution >= 0.6 is 0 Å². The predicted molar refractivity (Wildman–Crippen MR) is 133 cm³/mol. The van der Waals surface area contributed by atoms with Crippen LogP contribution in [-0.4, -0.2) is 39.4 Å². The molecule has 3 N–H and O–H groups in total. The van der Waals surface area contributed by atoms with Crippen molar-refractivity contribution in [2.24, 2.45) is 5.92 Å². The van der Waals surface area contributed by atoms with E-state index < -0.39 is 11.7 Å². The van der Waals surface area contributed by atoms with E-state index in [1.165, 1.54) is 0 Å². The van der Waals surface area contributed by atoms with Crippen molar-refractivity contribution in [3.63, 3.8) is 0 Å². The Morgan fingerprint density at radius 3 is 2.67 bits per heavy atom. The number of nitrogens with one attached hydrogen (secondary N) is 1. The molecule has 33 heavy (non-hydrogen) atoms. The highest BCUT2D eigenvalue weighted by atomic mass is 16.6. The molecule has 0 spiro atoms. The average Bonchev–Trinajstić information content (AvgIpc) is 3.05. The number of hydrogen-bond acceptors (Lipinski definition) is 6. The molecule has 0 saturated carbocycles. The van der Waals surface area contributed by atoms with Gasteiger partial charge in [-0.2, -0.15) is 0 Å². The van der Waals surface area contributed by atoms with Gasteiger partial charge in [-0.05, 0) is 51.7 Å². The monoisotopic (exact) mass is 455 g/mol. The Kier molecular flexibility index (Phi) is 7.66. The minimum atomic E-state index is -0.506. The molecule has 2 heterocycles. The van der Waals surface area contributed by atoms with Crippen LogP contribution in [-0.2, 0) is 17.7 Å². The number of imidazole rings is 1. The van der Waals surface area contributed by atoms with Crippen molar-refractivity contribution in [1.29, 1.82) is 0 Å². The van der Waals surface area contributed by atoms with Crippen LogP contribution in [0.2, 0.25) is 0 Å². The first-order chi connectivity index (χ1) is 15.6. The SMILES string of the molecule is CCCc1nc2c(N)nc3cc(OCCCNC(=O)OC(C)(C)C)ccc3c2n1CC(C)C. The summed E-state index contributed by atoms with van der Waals surface area (Å²) >= 11 is 0. The summed E-state index contributed by atoms with van der Waals surface area (Å²) in [6, 6.07) is 5.90. The number of carbonyl (C=O) groups excluding carboxylic acids is 1. The number of fused-ring (bicyclic) bond motifs is 3. The van der Waals surface area contributed by atoms with Gasteiger partial charge in [-0.1, -0.05) is 20.8 Å². The van der Waals surface area contributed by atoms with E-state index in [0.29, 0.717) is 31.3 Å². The standard InChI is InChI=1S/C25H37N5O3/c1-7-9-20-29-21-22(30(20)15-16(2)3)18-11-10-17(14-19(18)28-23(21)26)32-13-8-12-27-24(31)33-25(4,5)6/h10-11,14,16H,7-9,12-13,15H2,1-6H3,(H2,26,28)(H,27,31). The number of aryl methyl sites for hydroxylation is 1. The maximum atomic E-state index is 11.7. The summed E-state index contributed by atoms with van der Waals surface area (Å²) in [6.07, 6.45) is 2.17. The molecule has 8 nitrogen and oxygen atoms in total. The fourth-order valence-electron chi connectivity index (χ4n) is 3.77. The van der Waals surface area contributed by atoms with Crippen LogP contribution < -0.4 is 15.8 Å². The summed E-state index contributed by atoms with van der Waals surface area (Å²) < 4.78 is 13.4. The lowest BCUT2D eigenvalue weighted by atomic mass is 10.1. The number of pyridine rings is 1. The fourth-order valence-corrected chi connectivity index (χ4v) is 3.77. The number of ether oxygens (including phenoxy) is 2. The van der Waals surface area contributed by atoms with Gasteiger partial charge < -0.3 is 25.1 Å². The Hall–Kier alpha value is -3.03. The van der Waals surface area contributed by atoms with E-state index in [-0.39, 0.29) is 0 Å². The van der Waals surface area contributed by atoms with E-state index >= 15 is 0 Å². The fraction of sp³-hybridized carbons (Fsp3) is 0.560. The molecule has 0 aliphatic carbocycles. The predicted octanol–water partition coefficient (Wildman–Crippen LogP) is 5.07. The Labute approximate surface area is 195 Å². The van der Waals surface area contributed by atoms with Crippen molar-refractivity contribution in [1.82, 2.24) is 19.9 Å². The van der Waals surface area contributed by atoms with Crippen molar-refractivity contribution < 1.29 is 14.3 Å². The van der Waals surface area contributed by atoms with E-state index in [2.05, 4.69) is 35.6 Å². The molecule has 2 aromatic heterocycles. The summed E-state index contributed by atoms with van der Waals surface area (Å²) in [5, 5.41) is 3.76. The third-order valence-corrected chi connectivity index (χ3v) is 5.03. The molecular formula is C25H37N5O3. The van der Waals surface area contributed by atoms with Gasteiger partial charge in [0, 0.05) is 31.0 Å². The lowest BCUT2D eigenvalue weighted by molar-refractivity contribution is 0.0525. The van der Waals surface area contributed by atoms with Crippen LogP contribution in [0.4, 0.5) is 10.6 Å². The molecule has 0 atom stereocenters. The second kappa shape index (κ2) is 10.3. The molecule has 0 fully saturated rings. The zero-order valence-electron chi connectivity index (χ0n) is 20.7. The smallest absolute Gasteiger partial charge is 0.407 e. The number of nitrogens with zero attached hydrogens (tertiary/aromatic N) is 3. The normalized spacial score (nSPS) is 12.0. The quantitative estimate of drug-likeness (QED) is 0.437. The number of nitrogens with two attached hydrogens (primary N) is 1. The topological polar surface area (TPSA) is 104 Å². The summed E-state index contributed by atoms with van der Waals surface area (Å²) in [5.74, 6) is 2.70. The summed E-state index contributed by atoms with van der Waals surface area (Å²) in [5.41, 5.74) is 8.41. The Morgan fingerprint density at radius 1 is 1.24 bits per heavy atom. The molecular weight excluding hydrogens is 418 g/mol. The lowest BCUT2D eigenvalue weighted by Crippen LogP contribution is -2.33. The lowest BCUT2D eigenvalue weighted by Gasteiger charge is -2.19. The maximum Gasteiger partial charge on any atom is 0.407 e. The van der Waals surface area contributed by atoms with Crippen LogP contribution in [0.3, 0.4) is 0 Å². The Morgan fingerprint density at radius 2 is 2.00 bits per heavy atom. The van der Waals surface area contributed by atoms with Gasteiger partial charge in [0.15, 0.2) is 5.82 Å². The van der Waals surface area contributed by atoms with Crippen LogP contribution in [0.5, 0.6) is 5.75 Å². The zero-order valence-corrected chi connectivity index (χ0v) is 20.7. The third-order valence-electron chi connectivity index (χ3n) is 5.03. The largest absolute Gasteiger partial charge is 0.493 e. The molecule has 180 valence electrons. The highest BCUT2D eigenvalue weighted by Gasteiger charge is 2.18. The van der Waals surface area contributed by atoms with Crippen LogP contribution in [0, 0.1) is 5.92 Å². The van der Waals surface area contributed by atoms with Gasteiger partial charge in [0.2, 0.25) is 0 Å². The zero-order chi connectivity index (χ0) is 24.2. The van der Waals surface area contributed by atoms with Gasteiger partial charge in [-0.3, -0.25) is 0 Å². The minimum absolute atomic E-state index is 0.419. The number of hydrogen-bond donors (Lipinski definition) is 2. The molecule has 1 aromatic carbocycles. The van der Waals surface area contributed by atoms with E-state index in [9.17, 15) is 4.79 Å². The number of carbonyl (C=O) groups is 1. The van der Waals surface area contributed by atoms with Crippen LogP contribution in [0.25, 0.3) is 21.9 Å². The molecule has 0 radical (unpaired) electrons. The molecule has 0 aliphatic rings. The highest BCUT2D eigenvalue weighted by Crippen LogP contribution is 2.32. The van der Waals surface area contributed by atoms with Crippen LogP contribution in [0.1, 0.15) is 60.2 Å². The van der Waals surface area contributed by atoms with Crippen molar-refractivity contribution >= 4 is 33.8 Å². The van der Waals surface area contributed by atoms with Crippen LogP contribution in [0.15, 0.2) is 18.2 Å². The Balaban J connectivity index is 1.75. The van der Waals surface area contributed by atoms with Gasteiger partial charge in [0.25, 0.3) is 0 Å². The van der Waals surface area contributed by atoms with Crippen molar-refractivity contribution in [2.75, 3.05) is 18.9 Å². The molecule has 0 aliphatic heterocycles. The molecule has 0 saturated heterocycles. The summed E-state index contributed by atoms with van der Waals surface area (Å²) in [6.45, 7) is 13.9. The Bertz CT molecular complexity index is 1110. The molecule has 0 bridgehead atoms. The van der Waals surface area contributed by atoms with Gasteiger partial charge in [0.1, 0.15) is 22.7 Å². The molecule has 0 unspecified atom stereocenters. The minimum Gasteiger partial charge on any atom is -0.493 e. The van der Waals surface area contributed by atoms with Crippen molar-refractivity contribution in [2.45, 2.75) is 73.0 Å². The second-order valence-electron chi connectivity index (χ2n) is 9.79. The number of aromatic nitrogens is 3. The van der Waals surface area contributed by atoms with Gasteiger partial charge >= 0.3 is 6.09 Å². The number of nitrogen functional groups attached to an aromatic ring is 1. The third kappa shape index (κ3) is 6.27. The first-order valence-electron chi connectivity index (χ1n) is 11.8. The second-order valence-corrected chi connectivity index (χ2v) is 9.79. The number of rotatable bonds is 9. The number of alkyl carbamates (subject to hydrolysis) is 1. The van der Waals surface area contributed by atoms with Crippen molar-refractivity contribution in [3.05, 3.63) is 24.0 Å². The molecule has 3 rings (SSSR count). The van der Waals surface area contributed by atoms with E-state index in [0.717, 1.165) is 52.9 Å². The van der Waals surface area contributed by atoms with E-state index in [1.807, 2.05) is 39.0 Å². The number of amides is 1. The first-order valence-corrected chi connectivity index (χ1v) is 11.8. The van der Waals surface area contributed by atoms with E-state index in [4.69, 9.17) is 20.2 Å². The van der Waals surface area contributed by atoms with E-state index in [1.54, 1.807) is 0 Å². The average molecular weight is 456 g/mol. The summed E-state index contributed by atoms with van der Waals surface area (Å²) in [7, 11) is 0. The van der Waals surface area contributed by atoms with Gasteiger partial charge in [-0.15, -0.1) is 0 Å². The highest BCUT2D eigenvalue weighted by molar-refractivity contribution is 6.06. The van der Waals surface area contributed by atoms with Gasteiger partial charge in [0.05, 0.1) is 17.6 Å². The van der Waals surface area contributed by atoms with Crippen molar-refractivity contribution in [3.8, 4) is 5.75 Å². The molecule has 1 amide bonds.